The van der Waals surface area contributed by atoms with Crippen molar-refractivity contribution >= 4 is 34.2 Å². The number of aliphatic imine (C=N–C) groups is 2. The maximum Gasteiger partial charge on any atom is 0.0744 e. The van der Waals surface area contributed by atoms with Crippen molar-refractivity contribution in [2.45, 2.75) is 13.1 Å². The van der Waals surface area contributed by atoms with Crippen LogP contribution in [-0.4, -0.2) is 11.4 Å². The molecule has 172 valence electrons. The zero-order chi connectivity index (χ0) is 23.9. The molecule has 4 aromatic rings. The zero-order valence-electron chi connectivity index (χ0n) is 19.8. The molecular formula is C32H24N4. The summed E-state index contributed by atoms with van der Waals surface area (Å²) in [5, 5.41) is 0. The molecule has 14 rings (SSSR count). The third kappa shape index (κ3) is 3.73. The van der Waals surface area contributed by atoms with Crippen LogP contribution in [-0.2, 0) is 13.1 Å². The van der Waals surface area contributed by atoms with E-state index < -0.39 is 0 Å². The summed E-state index contributed by atoms with van der Waals surface area (Å²) in [6.07, 6.45) is 8.49. The molecule has 0 unspecified atom stereocenters. The number of hydrogen-bond donors (Lipinski definition) is 0. The van der Waals surface area contributed by atoms with Crippen molar-refractivity contribution in [1.82, 2.24) is 0 Å². The third-order valence-electron chi connectivity index (χ3n) is 6.88. The van der Waals surface area contributed by atoms with Gasteiger partial charge in [0, 0.05) is 36.6 Å². The summed E-state index contributed by atoms with van der Waals surface area (Å²) in [5.74, 6) is 0. The van der Waals surface area contributed by atoms with Gasteiger partial charge in [0.25, 0.3) is 0 Å². The molecule has 10 heterocycles. The molecule has 0 spiro atoms. The van der Waals surface area contributed by atoms with Crippen LogP contribution in [0.2, 0.25) is 0 Å². The quantitative estimate of drug-likeness (QED) is 0.273. The molecule has 4 nitrogen and oxygen atoms in total. The summed E-state index contributed by atoms with van der Waals surface area (Å²) in [5.41, 5.74) is 10.9. The van der Waals surface area contributed by atoms with Gasteiger partial charge in [0.15, 0.2) is 0 Å². The fourth-order valence-electron chi connectivity index (χ4n) is 5.04. The average molecular weight is 465 g/mol. The van der Waals surface area contributed by atoms with Crippen LogP contribution in [0.5, 0.6) is 0 Å². The number of benzene rings is 4. The van der Waals surface area contributed by atoms with E-state index in [9.17, 15) is 0 Å². The first-order chi connectivity index (χ1) is 17.8. The number of anilines is 2. The van der Waals surface area contributed by atoms with Crippen molar-refractivity contribution in [3.8, 4) is 0 Å². The predicted octanol–water partition coefficient (Wildman–Crippen LogP) is 7.31. The molecule has 8 bridgehead atoms. The second-order valence-corrected chi connectivity index (χ2v) is 9.25. The van der Waals surface area contributed by atoms with Crippen LogP contribution in [0.3, 0.4) is 0 Å². The number of rotatable bonds is 0. The highest BCUT2D eigenvalue weighted by atomic mass is 15.1. The number of nitrogens with zero attached hydrogens (tertiary/aromatic N) is 4. The molecule has 4 aromatic carbocycles. The van der Waals surface area contributed by atoms with Crippen molar-refractivity contribution in [2.24, 2.45) is 9.98 Å². The van der Waals surface area contributed by atoms with E-state index in [1.807, 2.05) is 24.3 Å². The molecule has 0 N–H and O–H groups in total. The van der Waals surface area contributed by atoms with Crippen molar-refractivity contribution in [2.75, 3.05) is 9.80 Å². The van der Waals surface area contributed by atoms with Gasteiger partial charge in [0.05, 0.1) is 34.2 Å². The Labute approximate surface area is 210 Å². The van der Waals surface area contributed by atoms with E-state index in [-0.39, 0.29) is 0 Å². The van der Waals surface area contributed by atoms with Gasteiger partial charge in [-0.25, -0.2) is 9.98 Å². The molecule has 36 heavy (non-hydrogen) atoms. The van der Waals surface area contributed by atoms with E-state index in [0.29, 0.717) is 0 Å². The topological polar surface area (TPSA) is 31.2 Å². The first-order valence-corrected chi connectivity index (χ1v) is 12.2. The molecule has 10 aliphatic rings. The molecule has 0 aliphatic carbocycles. The number of allylic oxidation sites excluding steroid dienone is 2. The molecule has 0 saturated carbocycles. The van der Waals surface area contributed by atoms with Gasteiger partial charge in [0.1, 0.15) is 0 Å². The van der Waals surface area contributed by atoms with E-state index in [1.54, 1.807) is 0 Å². The lowest BCUT2D eigenvalue weighted by Gasteiger charge is -2.28. The Bertz CT molecular complexity index is 1450. The summed E-state index contributed by atoms with van der Waals surface area (Å²) >= 11 is 0. The van der Waals surface area contributed by atoms with Gasteiger partial charge in [-0.3, -0.25) is 0 Å². The van der Waals surface area contributed by atoms with Gasteiger partial charge >= 0.3 is 0 Å². The lowest BCUT2D eigenvalue weighted by molar-refractivity contribution is 0.942. The predicted molar refractivity (Wildman–Crippen MR) is 149 cm³/mol. The molecule has 4 heteroatoms. The third-order valence-corrected chi connectivity index (χ3v) is 6.88. The molecule has 10 aliphatic heterocycles. The maximum atomic E-state index is 4.98. The zero-order valence-corrected chi connectivity index (χ0v) is 19.8. The van der Waals surface area contributed by atoms with E-state index >= 15 is 0 Å². The SMILES string of the molecule is C1=CN2Cc3ccc(cc3)CN3C=CC(=Nc4ccc(cc4)N=C1c1ccccc12)c1ccccc13. The Morgan fingerprint density at radius 3 is 1.33 bits per heavy atom. The smallest absolute Gasteiger partial charge is 0.0744 e. The lowest BCUT2D eigenvalue weighted by Crippen LogP contribution is -2.23. The molecule has 0 fully saturated rings. The molecule has 0 radical (unpaired) electrons. The number of hydrogen-bond acceptors (Lipinski definition) is 4. The molecule has 0 atom stereocenters. The number of fused-ring (bicyclic) bond motifs is 1. The van der Waals surface area contributed by atoms with Crippen LogP contribution in [0.25, 0.3) is 0 Å². The van der Waals surface area contributed by atoms with Crippen LogP contribution in [0.1, 0.15) is 22.3 Å². The summed E-state index contributed by atoms with van der Waals surface area (Å²) < 4.78 is 0. The Balaban J connectivity index is 1.38. The second-order valence-electron chi connectivity index (χ2n) is 9.25. The minimum absolute atomic E-state index is 0.808. The molecule has 0 amide bonds. The van der Waals surface area contributed by atoms with Gasteiger partial charge < -0.3 is 9.80 Å². The van der Waals surface area contributed by atoms with Crippen molar-refractivity contribution in [1.29, 1.82) is 0 Å². The van der Waals surface area contributed by atoms with Gasteiger partial charge in [0.2, 0.25) is 0 Å². The van der Waals surface area contributed by atoms with Gasteiger partial charge in [-0.2, -0.15) is 0 Å². The average Bonchev–Trinajstić information content (AvgIpc) is 2.93. The summed E-state index contributed by atoms with van der Waals surface area (Å²) in [6.45, 7) is 1.62. The highest BCUT2D eigenvalue weighted by Gasteiger charge is 2.19. The van der Waals surface area contributed by atoms with Gasteiger partial charge in [-0.1, -0.05) is 60.7 Å². The minimum atomic E-state index is 0.808. The maximum absolute atomic E-state index is 4.98. The van der Waals surface area contributed by atoms with Gasteiger partial charge in [-0.05, 0) is 59.7 Å². The minimum Gasteiger partial charge on any atom is -0.343 e. The fourth-order valence-corrected chi connectivity index (χ4v) is 5.04. The van der Waals surface area contributed by atoms with Crippen LogP contribution in [0, 0.1) is 0 Å². The highest BCUT2D eigenvalue weighted by molar-refractivity contribution is 6.16. The second kappa shape index (κ2) is 8.51. The van der Waals surface area contributed by atoms with Gasteiger partial charge in [-0.15, -0.1) is 0 Å². The summed E-state index contributed by atoms with van der Waals surface area (Å²) in [7, 11) is 0. The van der Waals surface area contributed by atoms with Crippen molar-refractivity contribution in [3.05, 3.63) is 144 Å². The summed E-state index contributed by atoms with van der Waals surface area (Å²) in [6, 6.07) is 34.1. The highest BCUT2D eigenvalue weighted by Crippen LogP contribution is 2.32. The van der Waals surface area contributed by atoms with Crippen LogP contribution < -0.4 is 9.80 Å². The van der Waals surface area contributed by atoms with E-state index in [2.05, 4.69) is 107 Å². The molecule has 0 aromatic heterocycles. The number of para-hydroxylation sites is 2. The normalized spacial score (nSPS) is 15.6. The lowest BCUT2D eigenvalue weighted by atomic mass is 10.0. The Morgan fingerprint density at radius 2 is 0.889 bits per heavy atom. The van der Waals surface area contributed by atoms with Crippen LogP contribution in [0.15, 0.2) is 132 Å². The van der Waals surface area contributed by atoms with Crippen molar-refractivity contribution < 1.29 is 0 Å². The van der Waals surface area contributed by atoms with E-state index in [0.717, 1.165) is 47.0 Å². The molecule has 0 saturated heterocycles. The monoisotopic (exact) mass is 464 g/mol. The Kier molecular flexibility index (Phi) is 4.88. The largest absolute Gasteiger partial charge is 0.343 e. The van der Waals surface area contributed by atoms with E-state index in [1.165, 1.54) is 22.5 Å². The standard InChI is InChI=1S/C32H24N4/c1-3-7-31-27(5-1)29-17-19-35(31)21-23-9-11-24(12-10-23)22-36-20-18-30(28-6-2-4-8-32(28)36)34-26-15-13-25(33-29)14-16-26/h1-20H,21-22H2. The van der Waals surface area contributed by atoms with Crippen LogP contribution >= 0.6 is 0 Å². The Hall–Kier alpha value is -4.70. The molecular weight excluding hydrogens is 440 g/mol. The fraction of sp³-hybridized carbons (Fsp3) is 0.0625. The first kappa shape index (κ1) is 20.7. The van der Waals surface area contributed by atoms with Crippen molar-refractivity contribution in [3.63, 3.8) is 0 Å². The first-order valence-electron chi connectivity index (χ1n) is 12.2. The van der Waals surface area contributed by atoms with E-state index in [4.69, 9.17) is 9.98 Å². The Morgan fingerprint density at radius 1 is 0.472 bits per heavy atom. The van der Waals surface area contributed by atoms with Crippen LogP contribution in [0.4, 0.5) is 22.7 Å². The summed E-state index contributed by atoms with van der Waals surface area (Å²) in [4.78, 5) is 14.5.